The zero-order valence-electron chi connectivity index (χ0n) is 8.71. The van der Waals surface area contributed by atoms with E-state index in [1.165, 1.54) is 0 Å². The Morgan fingerprint density at radius 1 is 1.27 bits per heavy atom. The van der Waals surface area contributed by atoms with E-state index < -0.39 is 7.60 Å². The molecule has 0 saturated carbocycles. The maximum absolute atomic E-state index is 10.9. The number of benzene rings is 1. The van der Waals surface area contributed by atoms with Crippen molar-refractivity contribution in [1.29, 1.82) is 0 Å². The Balaban J connectivity index is 2.79. The maximum atomic E-state index is 10.9. The lowest BCUT2D eigenvalue weighted by Crippen LogP contribution is -2.25. The van der Waals surface area contributed by atoms with Gasteiger partial charge in [0.2, 0.25) is 0 Å². The van der Waals surface area contributed by atoms with Gasteiger partial charge in [0.1, 0.15) is 6.29 Å². The number of rotatable bonds is 5. The SMILES string of the molecule is CCCN(CP(=O)(O)O)c1ccccc1. The fraction of sp³-hybridized carbons (Fsp3) is 0.400. The van der Waals surface area contributed by atoms with Crippen molar-refractivity contribution < 1.29 is 14.4 Å². The molecule has 0 aliphatic carbocycles. The summed E-state index contributed by atoms with van der Waals surface area (Å²) in [6.45, 7) is 2.63. The van der Waals surface area contributed by atoms with Crippen molar-refractivity contribution >= 4 is 13.3 Å². The van der Waals surface area contributed by atoms with E-state index in [-0.39, 0.29) is 6.29 Å². The molecule has 0 fully saturated rings. The Kier molecular flexibility index (Phi) is 4.33. The quantitative estimate of drug-likeness (QED) is 0.758. The van der Waals surface area contributed by atoms with Crippen molar-refractivity contribution in [2.45, 2.75) is 13.3 Å². The van der Waals surface area contributed by atoms with Crippen LogP contribution in [0.15, 0.2) is 30.3 Å². The first kappa shape index (κ1) is 12.2. The summed E-state index contributed by atoms with van der Waals surface area (Å²) in [5, 5.41) is 0. The first-order chi connectivity index (χ1) is 7.03. The van der Waals surface area contributed by atoms with Crippen LogP contribution in [0.2, 0.25) is 0 Å². The minimum atomic E-state index is -3.99. The molecule has 0 spiro atoms. The lowest BCUT2D eigenvalue weighted by molar-refractivity contribution is 0.372. The lowest BCUT2D eigenvalue weighted by Gasteiger charge is -2.24. The lowest BCUT2D eigenvalue weighted by atomic mass is 10.3. The van der Waals surface area contributed by atoms with Gasteiger partial charge in [-0.1, -0.05) is 25.1 Å². The van der Waals surface area contributed by atoms with Gasteiger partial charge >= 0.3 is 7.60 Å². The van der Waals surface area contributed by atoms with Crippen molar-refractivity contribution in [2.24, 2.45) is 0 Å². The minimum absolute atomic E-state index is 0.217. The monoisotopic (exact) mass is 229 g/mol. The van der Waals surface area contributed by atoms with E-state index >= 15 is 0 Å². The van der Waals surface area contributed by atoms with Crippen LogP contribution in [0, 0.1) is 0 Å². The molecule has 15 heavy (non-hydrogen) atoms. The standard InChI is InChI=1S/C10H16NO3P/c1-2-8-11(9-15(12,13)14)10-6-4-3-5-7-10/h3-7H,2,8-9H2,1H3,(H2,12,13,14). The van der Waals surface area contributed by atoms with Crippen LogP contribution < -0.4 is 4.90 Å². The van der Waals surface area contributed by atoms with Gasteiger partial charge in [-0.25, -0.2) is 0 Å². The Labute approximate surface area is 89.7 Å². The molecular formula is C10H16NO3P. The number of para-hydroxylation sites is 1. The molecule has 0 aromatic heterocycles. The van der Waals surface area contributed by atoms with Gasteiger partial charge in [0.05, 0.1) is 0 Å². The number of anilines is 1. The van der Waals surface area contributed by atoms with Gasteiger partial charge in [0, 0.05) is 12.2 Å². The van der Waals surface area contributed by atoms with E-state index in [9.17, 15) is 4.57 Å². The highest BCUT2D eigenvalue weighted by Gasteiger charge is 2.18. The second-order valence-corrected chi connectivity index (χ2v) is 5.02. The molecule has 1 aromatic carbocycles. The molecule has 1 rings (SSSR count). The first-order valence-corrected chi connectivity index (χ1v) is 6.67. The normalized spacial score (nSPS) is 11.4. The van der Waals surface area contributed by atoms with Gasteiger partial charge in [-0.2, -0.15) is 0 Å². The van der Waals surface area contributed by atoms with Gasteiger partial charge in [0.25, 0.3) is 0 Å². The fourth-order valence-corrected chi connectivity index (χ4v) is 2.16. The average molecular weight is 229 g/mol. The highest BCUT2D eigenvalue weighted by Crippen LogP contribution is 2.36. The predicted molar refractivity (Wildman–Crippen MR) is 61.0 cm³/mol. The summed E-state index contributed by atoms with van der Waals surface area (Å²) in [6.07, 6.45) is 0.639. The molecule has 0 saturated heterocycles. The topological polar surface area (TPSA) is 60.8 Å². The smallest absolute Gasteiger partial charge is 0.344 e. The van der Waals surface area contributed by atoms with E-state index in [4.69, 9.17) is 9.79 Å². The van der Waals surface area contributed by atoms with E-state index in [0.717, 1.165) is 12.1 Å². The summed E-state index contributed by atoms with van der Waals surface area (Å²) in [5.41, 5.74) is 0.850. The number of hydrogen-bond acceptors (Lipinski definition) is 2. The Morgan fingerprint density at radius 2 is 1.87 bits per heavy atom. The molecule has 0 radical (unpaired) electrons. The molecule has 1 aromatic rings. The van der Waals surface area contributed by atoms with Crippen LogP contribution in [0.1, 0.15) is 13.3 Å². The molecule has 4 nitrogen and oxygen atoms in total. The highest BCUT2D eigenvalue weighted by atomic mass is 31.2. The van der Waals surface area contributed by atoms with Crippen molar-refractivity contribution in [2.75, 3.05) is 17.7 Å². The number of nitrogens with zero attached hydrogens (tertiary/aromatic N) is 1. The number of hydrogen-bond donors (Lipinski definition) is 2. The highest BCUT2D eigenvalue weighted by molar-refractivity contribution is 7.51. The molecule has 84 valence electrons. The van der Waals surface area contributed by atoms with Crippen LogP contribution in [0.25, 0.3) is 0 Å². The van der Waals surface area contributed by atoms with Crippen LogP contribution in [0.4, 0.5) is 5.69 Å². The van der Waals surface area contributed by atoms with Gasteiger partial charge in [-0.15, -0.1) is 0 Å². The molecule has 0 unspecified atom stereocenters. The Morgan fingerprint density at radius 3 is 2.33 bits per heavy atom. The summed E-state index contributed by atoms with van der Waals surface area (Å²) >= 11 is 0. The van der Waals surface area contributed by atoms with Gasteiger partial charge in [-0.3, -0.25) is 4.57 Å². The third kappa shape index (κ3) is 4.47. The molecule has 0 heterocycles. The average Bonchev–Trinajstić information content (AvgIpc) is 2.17. The van der Waals surface area contributed by atoms with E-state index in [2.05, 4.69) is 0 Å². The van der Waals surface area contributed by atoms with Crippen LogP contribution >= 0.6 is 7.60 Å². The van der Waals surface area contributed by atoms with Crippen LogP contribution in [0.3, 0.4) is 0 Å². The first-order valence-electron chi connectivity index (χ1n) is 4.87. The van der Waals surface area contributed by atoms with Crippen molar-refractivity contribution in [1.82, 2.24) is 0 Å². The maximum Gasteiger partial charge on any atom is 0.344 e. The third-order valence-corrected chi connectivity index (χ3v) is 2.68. The largest absolute Gasteiger partial charge is 0.360 e. The zero-order valence-corrected chi connectivity index (χ0v) is 9.60. The second kappa shape index (κ2) is 5.31. The van der Waals surface area contributed by atoms with Crippen LogP contribution in [-0.4, -0.2) is 22.6 Å². The molecule has 0 aliphatic heterocycles. The van der Waals surface area contributed by atoms with Gasteiger partial charge in [0.15, 0.2) is 0 Å². The van der Waals surface area contributed by atoms with Crippen LogP contribution in [-0.2, 0) is 4.57 Å². The Bertz CT molecular complexity index is 336. The summed E-state index contributed by atoms with van der Waals surface area (Å²) in [7, 11) is -3.99. The van der Waals surface area contributed by atoms with Gasteiger partial charge in [-0.05, 0) is 18.6 Å². The summed E-state index contributed by atoms with van der Waals surface area (Å²) in [4.78, 5) is 19.6. The molecule has 2 N–H and O–H groups in total. The fourth-order valence-electron chi connectivity index (χ4n) is 1.41. The second-order valence-electron chi connectivity index (χ2n) is 3.41. The molecule has 0 aliphatic rings. The molecule has 5 heteroatoms. The Hall–Kier alpha value is -0.830. The van der Waals surface area contributed by atoms with E-state index in [1.807, 2.05) is 37.3 Å². The predicted octanol–water partition coefficient (Wildman–Crippen LogP) is 2.04. The summed E-state index contributed by atoms with van der Waals surface area (Å²) in [6, 6.07) is 9.30. The van der Waals surface area contributed by atoms with E-state index in [1.54, 1.807) is 4.90 Å². The molecule has 0 amide bonds. The zero-order chi connectivity index (χ0) is 11.3. The van der Waals surface area contributed by atoms with Gasteiger partial charge < -0.3 is 14.7 Å². The molecule has 0 bridgehead atoms. The molecular weight excluding hydrogens is 213 g/mol. The summed E-state index contributed by atoms with van der Waals surface area (Å²) < 4.78 is 10.9. The third-order valence-electron chi connectivity index (χ3n) is 1.97. The molecule has 0 atom stereocenters. The van der Waals surface area contributed by atoms with Crippen molar-refractivity contribution in [3.8, 4) is 0 Å². The van der Waals surface area contributed by atoms with Crippen LogP contribution in [0.5, 0.6) is 0 Å². The van der Waals surface area contributed by atoms with E-state index in [0.29, 0.717) is 6.54 Å². The summed E-state index contributed by atoms with van der Waals surface area (Å²) in [5.74, 6) is 0. The van der Waals surface area contributed by atoms with Crippen molar-refractivity contribution in [3.63, 3.8) is 0 Å². The minimum Gasteiger partial charge on any atom is -0.360 e. The van der Waals surface area contributed by atoms with Crippen molar-refractivity contribution in [3.05, 3.63) is 30.3 Å².